The predicted molar refractivity (Wildman–Crippen MR) is 123 cm³/mol. The van der Waals surface area contributed by atoms with Crippen LogP contribution in [-0.4, -0.2) is 51.2 Å². The van der Waals surface area contributed by atoms with Crippen LogP contribution in [0.1, 0.15) is 62.9 Å². The van der Waals surface area contributed by atoms with Gasteiger partial charge in [-0.3, -0.25) is 4.79 Å². The lowest BCUT2D eigenvalue weighted by molar-refractivity contribution is 0.0912. The van der Waals surface area contributed by atoms with Gasteiger partial charge < -0.3 is 10.2 Å². The molecule has 1 aliphatic heterocycles. The third kappa shape index (κ3) is 4.42. The summed E-state index contributed by atoms with van der Waals surface area (Å²) in [5.74, 6) is -0.0180. The Bertz CT molecular complexity index is 987. The van der Waals surface area contributed by atoms with Crippen LogP contribution in [0, 0.1) is 0 Å². The van der Waals surface area contributed by atoms with Gasteiger partial charge in [-0.1, -0.05) is 19.4 Å². The Balaban J connectivity index is 1.58. The zero-order valence-corrected chi connectivity index (χ0v) is 18.9. The van der Waals surface area contributed by atoms with Crippen molar-refractivity contribution in [1.29, 1.82) is 0 Å². The maximum atomic E-state index is 13.3. The summed E-state index contributed by atoms with van der Waals surface area (Å²) in [6.45, 7) is 9.68. The molecule has 0 spiro atoms. The summed E-state index contributed by atoms with van der Waals surface area (Å²) in [5.41, 5.74) is 2.28. The van der Waals surface area contributed by atoms with Gasteiger partial charge in [0.2, 0.25) is 0 Å². The van der Waals surface area contributed by atoms with Gasteiger partial charge in [-0.25, -0.2) is 9.67 Å². The first kappa shape index (κ1) is 21.0. The van der Waals surface area contributed by atoms with Crippen molar-refractivity contribution < 1.29 is 4.79 Å². The highest BCUT2D eigenvalue weighted by molar-refractivity contribution is 7.13. The van der Waals surface area contributed by atoms with Crippen LogP contribution in [0.2, 0.25) is 0 Å². The quantitative estimate of drug-likeness (QED) is 0.594. The number of hydrogen-bond donors (Lipinski definition) is 1. The molecule has 3 aromatic heterocycles. The van der Waals surface area contributed by atoms with Gasteiger partial charge in [0.15, 0.2) is 5.65 Å². The number of carbonyl (C=O) groups is 1. The minimum Gasteiger partial charge on any atom is -0.349 e. The van der Waals surface area contributed by atoms with E-state index >= 15 is 0 Å². The Morgan fingerprint density at radius 1 is 1.33 bits per heavy atom. The molecule has 3 aromatic rings. The summed E-state index contributed by atoms with van der Waals surface area (Å²) < 4.78 is 1.90. The Kier molecular flexibility index (Phi) is 6.49. The van der Waals surface area contributed by atoms with Crippen molar-refractivity contribution in [3.05, 3.63) is 35.3 Å². The molecule has 0 radical (unpaired) electrons. The first-order chi connectivity index (χ1) is 14.6. The molecule has 160 valence electrons. The van der Waals surface area contributed by atoms with Gasteiger partial charge in [-0.05, 0) is 57.2 Å². The van der Waals surface area contributed by atoms with Gasteiger partial charge in [0.25, 0.3) is 5.91 Å². The summed E-state index contributed by atoms with van der Waals surface area (Å²) in [4.78, 5) is 21.7. The fourth-order valence-corrected chi connectivity index (χ4v) is 4.77. The van der Waals surface area contributed by atoms with E-state index in [2.05, 4.69) is 36.1 Å². The van der Waals surface area contributed by atoms with E-state index in [9.17, 15) is 4.79 Å². The molecule has 0 bridgehead atoms. The first-order valence-electron chi connectivity index (χ1n) is 11.0. The molecule has 7 heteroatoms. The molecule has 6 nitrogen and oxygen atoms in total. The van der Waals surface area contributed by atoms with Crippen LogP contribution in [0.5, 0.6) is 0 Å². The highest BCUT2D eigenvalue weighted by Crippen LogP contribution is 2.29. The molecular formula is C23H31N5OS. The van der Waals surface area contributed by atoms with E-state index < -0.39 is 0 Å². The minimum atomic E-state index is -0.0180. The maximum absolute atomic E-state index is 13.3. The lowest BCUT2D eigenvalue weighted by Gasteiger charge is -2.32. The Hall–Kier alpha value is -2.25. The number of aromatic nitrogens is 3. The van der Waals surface area contributed by atoms with Gasteiger partial charge in [0.1, 0.15) is 0 Å². The SMILES string of the molecule is CCCCN1CCC(NC(=O)c2cc(-c3cccs3)nc3c2cnn3C(C)C)CC1. The second-order valence-electron chi connectivity index (χ2n) is 8.40. The zero-order chi connectivity index (χ0) is 21.1. The summed E-state index contributed by atoms with van der Waals surface area (Å²) >= 11 is 1.63. The first-order valence-corrected chi connectivity index (χ1v) is 11.9. The summed E-state index contributed by atoms with van der Waals surface area (Å²) in [6.07, 6.45) is 6.27. The van der Waals surface area contributed by atoms with Crippen molar-refractivity contribution >= 4 is 28.3 Å². The van der Waals surface area contributed by atoms with Gasteiger partial charge in [0, 0.05) is 25.2 Å². The van der Waals surface area contributed by atoms with Crippen LogP contribution < -0.4 is 5.32 Å². The van der Waals surface area contributed by atoms with Crippen LogP contribution >= 0.6 is 11.3 Å². The van der Waals surface area contributed by atoms with Crippen molar-refractivity contribution in [3.63, 3.8) is 0 Å². The number of likely N-dealkylation sites (tertiary alicyclic amines) is 1. The normalized spacial score (nSPS) is 15.9. The molecular weight excluding hydrogens is 394 g/mol. The number of piperidine rings is 1. The zero-order valence-electron chi connectivity index (χ0n) is 18.1. The average Bonchev–Trinajstić information content (AvgIpc) is 3.42. The fourth-order valence-electron chi connectivity index (χ4n) is 4.08. The number of hydrogen-bond acceptors (Lipinski definition) is 5. The summed E-state index contributed by atoms with van der Waals surface area (Å²) in [6, 6.07) is 6.38. The molecule has 0 saturated carbocycles. The second kappa shape index (κ2) is 9.27. The highest BCUT2D eigenvalue weighted by Gasteiger charge is 2.23. The number of amides is 1. The smallest absolute Gasteiger partial charge is 0.252 e. The highest BCUT2D eigenvalue weighted by atomic mass is 32.1. The average molecular weight is 426 g/mol. The number of pyridine rings is 1. The molecule has 1 saturated heterocycles. The Morgan fingerprint density at radius 2 is 2.13 bits per heavy atom. The number of rotatable bonds is 7. The molecule has 0 atom stereocenters. The minimum absolute atomic E-state index is 0.0180. The topological polar surface area (TPSA) is 63.1 Å². The van der Waals surface area contributed by atoms with Crippen molar-refractivity contribution in [3.8, 4) is 10.6 Å². The molecule has 4 rings (SSSR count). The van der Waals surface area contributed by atoms with Gasteiger partial charge in [-0.2, -0.15) is 5.10 Å². The van der Waals surface area contributed by atoms with E-state index in [1.54, 1.807) is 17.5 Å². The van der Waals surface area contributed by atoms with Crippen molar-refractivity contribution in [2.45, 2.75) is 58.5 Å². The molecule has 4 heterocycles. The standard InChI is InChI=1S/C23H31N5OS/c1-4-5-10-27-11-8-17(9-12-27)25-23(29)18-14-20(21-7-6-13-30-21)26-22-19(18)15-24-28(22)16(2)3/h6-7,13-17H,4-5,8-12H2,1-3H3,(H,25,29). The largest absolute Gasteiger partial charge is 0.349 e. The monoisotopic (exact) mass is 425 g/mol. The van der Waals surface area contributed by atoms with Crippen LogP contribution in [0.4, 0.5) is 0 Å². The van der Waals surface area contributed by atoms with Crippen LogP contribution in [-0.2, 0) is 0 Å². The third-order valence-electron chi connectivity index (χ3n) is 5.82. The number of nitrogens with zero attached hydrogens (tertiary/aromatic N) is 4. The van der Waals surface area contributed by atoms with Crippen LogP contribution in [0.25, 0.3) is 21.6 Å². The number of nitrogens with one attached hydrogen (secondary N) is 1. The van der Waals surface area contributed by atoms with Gasteiger partial charge >= 0.3 is 0 Å². The molecule has 0 aromatic carbocycles. The van der Waals surface area contributed by atoms with E-state index in [4.69, 9.17) is 4.98 Å². The van der Waals surface area contributed by atoms with Crippen molar-refractivity contribution in [2.75, 3.05) is 19.6 Å². The third-order valence-corrected chi connectivity index (χ3v) is 6.72. The molecule has 1 amide bonds. The number of thiophene rings is 1. The fraction of sp³-hybridized carbons (Fsp3) is 0.522. The van der Waals surface area contributed by atoms with Crippen LogP contribution in [0.15, 0.2) is 29.8 Å². The molecule has 0 unspecified atom stereocenters. The molecule has 30 heavy (non-hydrogen) atoms. The van der Waals surface area contributed by atoms with Gasteiger partial charge in [0.05, 0.1) is 27.7 Å². The van der Waals surface area contributed by atoms with E-state index in [0.717, 1.165) is 47.5 Å². The lowest BCUT2D eigenvalue weighted by Crippen LogP contribution is -2.44. The van der Waals surface area contributed by atoms with Crippen LogP contribution in [0.3, 0.4) is 0 Å². The van der Waals surface area contributed by atoms with E-state index in [0.29, 0.717) is 5.56 Å². The number of unbranched alkanes of at least 4 members (excludes halogenated alkanes) is 1. The second-order valence-corrected chi connectivity index (χ2v) is 9.34. The van der Waals surface area contributed by atoms with E-state index in [-0.39, 0.29) is 18.0 Å². The number of fused-ring (bicyclic) bond motifs is 1. The molecule has 0 aliphatic carbocycles. The Morgan fingerprint density at radius 3 is 2.80 bits per heavy atom. The molecule has 1 aliphatic rings. The summed E-state index contributed by atoms with van der Waals surface area (Å²) in [7, 11) is 0. The van der Waals surface area contributed by atoms with E-state index in [1.165, 1.54) is 19.4 Å². The maximum Gasteiger partial charge on any atom is 0.252 e. The van der Waals surface area contributed by atoms with Gasteiger partial charge in [-0.15, -0.1) is 11.3 Å². The van der Waals surface area contributed by atoms with Crippen molar-refractivity contribution in [1.82, 2.24) is 25.0 Å². The predicted octanol–water partition coefficient (Wildman–Crippen LogP) is 4.74. The molecule has 1 N–H and O–H groups in total. The van der Waals surface area contributed by atoms with Crippen molar-refractivity contribution in [2.24, 2.45) is 0 Å². The number of carbonyl (C=O) groups excluding carboxylic acids is 1. The van der Waals surface area contributed by atoms with E-state index in [1.807, 2.05) is 28.3 Å². The lowest BCUT2D eigenvalue weighted by atomic mass is 10.0. The Labute approximate surface area is 182 Å². The molecule has 1 fully saturated rings. The summed E-state index contributed by atoms with van der Waals surface area (Å²) in [5, 5.41) is 10.7.